The van der Waals surface area contributed by atoms with Crippen LogP contribution in [-0.2, 0) is 0 Å². The molecule has 0 fully saturated rings. The number of rotatable bonds is 9. The van der Waals surface area contributed by atoms with Crippen LogP contribution in [0.3, 0.4) is 0 Å². The van der Waals surface area contributed by atoms with Crippen molar-refractivity contribution in [3.05, 3.63) is 145 Å². The highest BCUT2D eigenvalue weighted by Gasteiger charge is 2.46. The van der Waals surface area contributed by atoms with Crippen LogP contribution in [0.1, 0.15) is 51.8 Å². The molecule has 1 aliphatic rings. The number of carbonyl (C=O) groups is 5. The Bertz CT molecular complexity index is 1860. The van der Waals surface area contributed by atoms with Crippen LogP contribution in [0.4, 0.5) is 11.4 Å². The number of esters is 1. The van der Waals surface area contributed by atoms with Crippen molar-refractivity contribution < 1.29 is 38.6 Å². The Morgan fingerprint density at radius 2 is 1.34 bits per heavy atom. The summed E-state index contributed by atoms with van der Waals surface area (Å²) in [6.45, 7) is -0.877. The first-order chi connectivity index (χ1) is 21.1. The number of ether oxygens (including phenoxy) is 1. The Balaban J connectivity index is 1.45. The van der Waals surface area contributed by atoms with E-state index in [0.29, 0.717) is 15.6 Å². The maximum Gasteiger partial charge on any atom is 0.343 e. The SMILES string of the molecule is O=C(CN(C(=O)c1ccc([N+](=O)[O-])cc1)N1C(=O)c2cccc([N+](=O)[O-])c2C1=O)c1ccc(OC(=O)c2ccccc2)cc1. The lowest BCUT2D eigenvalue weighted by molar-refractivity contribution is -0.385. The predicted octanol–water partition coefficient (Wildman–Crippen LogP) is 4.26. The van der Waals surface area contributed by atoms with E-state index in [1.807, 2.05) is 0 Å². The zero-order chi connectivity index (χ0) is 31.5. The quantitative estimate of drug-likeness (QED) is 0.0676. The predicted molar refractivity (Wildman–Crippen MR) is 150 cm³/mol. The second-order valence-electron chi connectivity index (χ2n) is 9.25. The lowest BCUT2D eigenvalue weighted by Crippen LogP contribution is -2.51. The van der Waals surface area contributed by atoms with Crippen molar-refractivity contribution in [2.75, 3.05) is 6.54 Å². The van der Waals surface area contributed by atoms with Gasteiger partial charge in [0.2, 0.25) is 0 Å². The fraction of sp³-hybridized carbons (Fsp3) is 0.0333. The van der Waals surface area contributed by atoms with Gasteiger partial charge in [0.05, 0.1) is 21.0 Å². The number of fused-ring (bicyclic) bond motifs is 1. The molecular weight excluding hydrogens is 576 g/mol. The third kappa shape index (κ3) is 5.49. The molecule has 14 nitrogen and oxygen atoms in total. The van der Waals surface area contributed by atoms with Crippen LogP contribution in [0.5, 0.6) is 5.75 Å². The molecule has 0 aromatic heterocycles. The highest BCUT2D eigenvalue weighted by molar-refractivity contribution is 6.24. The van der Waals surface area contributed by atoms with Gasteiger partial charge in [-0.3, -0.25) is 39.4 Å². The molecule has 0 atom stereocenters. The molecule has 0 unspecified atom stereocenters. The Morgan fingerprint density at radius 3 is 1.95 bits per heavy atom. The van der Waals surface area contributed by atoms with Crippen molar-refractivity contribution >= 4 is 40.8 Å². The van der Waals surface area contributed by atoms with Gasteiger partial charge in [0.1, 0.15) is 17.9 Å². The summed E-state index contributed by atoms with van der Waals surface area (Å²) in [7, 11) is 0. The van der Waals surface area contributed by atoms with Gasteiger partial charge >= 0.3 is 5.97 Å². The van der Waals surface area contributed by atoms with Crippen LogP contribution >= 0.6 is 0 Å². The van der Waals surface area contributed by atoms with Gasteiger partial charge in [0, 0.05) is 29.3 Å². The molecule has 1 heterocycles. The summed E-state index contributed by atoms with van der Waals surface area (Å²) in [6, 6.07) is 21.1. The number of hydrazine groups is 1. The highest BCUT2D eigenvalue weighted by Crippen LogP contribution is 2.32. The number of hydrogen-bond acceptors (Lipinski definition) is 10. The number of carbonyl (C=O) groups excluding carboxylic acids is 5. The first-order valence-electron chi connectivity index (χ1n) is 12.7. The minimum absolute atomic E-state index is 0.00796. The van der Waals surface area contributed by atoms with E-state index >= 15 is 0 Å². The van der Waals surface area contributed by atoms with Crippen LogP contribution in [0, 0.1) is 20.2 Å². The van der Waals surface area contributed by atoms with Crippen molar-refractivity contribution in [1.82, 2.24) is 10.0 Å². The van der Waals surface area contributed by atoms with Crippen LogP contribution in [0.15, 0.2) is 97.1 Å². The van der Waals surface area contributed by atoms with Crippen molar-refractivity contribution in [3.8, 4) is 5.75 Å². The van der Waals surface area contributed by atoms with E-state index in [4.69, 9.17) is 4.74 Å². The fourth-order valence-corrected chi connectivity index (χ4v) is 4.41. The van der Waals surface area contributed by atoms with Gasteiger partial charge in [-0.25, -0.2) is 9.80 Å². The molecule has 0 N–H and O–H groups in total. The van der Waals surface area contributed by atoms with Crippen molar-refractivity contribution in [1.29, 1.82) is 0 Å². The molecule has 14 heteroatoms. The van der Waals surface area contributed by atoms with Gasteiger partial charge in [0.25, 0.3) is 29.1 Å². The number of amides is 3. The number of nitro groups is 2. The van der Waals surface area contributed by atoms with Crippen LogP contribution in [0.2, 0.25) is 0 Å². The lowest BCUT2D eigenvalue weighted by atomic mass is 10.1. The lowest BCUT2D eigenvalue weighted by Gasteiger charge is -2.29. The molecule has 4 aromatic rings. The summed E-state index contributed by atoms with van der Waals surface area (Å²) in [6.07, 6.45) is 0. The van der Waals surface area contributed by atoms with E-state index in [-0.39, 0.29) is 28.1 Å². The van der Waals surface area contributed by atoms with Crippen LogP contribution in [-0.4, -0.2) is 55.9 Å². The number of nitrogens with zero attached hydrogens (tertiary/aromatic N) is 4. The number of benzene rings is 4. The Morgan fingerprint density at radius 1 is 0.705 bits per heavy atom. The zero-order valence-corrected chi connectivity index (χ0v) is 22.3. The first-order valence-corrected chi connectivity index (χ1v) is 12.7. The molecule has 218 valence electrons. The molecule has 1 aliphatic heterocycles. The van der Waals surface area contributed by atoms with Gasteiger partial charge in [-0.2, -0.15) is 5.01 Å². The summed E-state index contributed by atoms with van der Waals surface area (Å²) >= 11 is 0. The second-order valence-corrected chi connectivity index (χ2v) is 9.25. The molecule has 0 saturated heterocycles. The average molecular weight is 594 g/mol. The molecule has 0 radical (unpaired) electrons. The second kappa shape index (κ2) is 11.7. The normalized spacial score (nSPS) is 12.0. The third-order valence-electron chi connectivity index (χ3n) is 6.56. The average Bonchev–Trinajstić information content (AvgIpc) is 3.29. The number of Topliss-reactive ketones (excluding diaryl/α,β-unsaturated/α-hetero) is 1. The maximum absolute atomic E-state index is 13.6. The van der Waals surface area contributed by atoms with E-state index in [9.17, 15) is 44.2 Å². The van der Waals surface area contributed by atoms with Crippen molar-refractivity contribution in [2.24, 2.45) is 0 Å². The molecule has 3 amide bonds. The van der Waals surface area contributed by atoms with Gasteiger partial charge in [0.15, 0.2) is 5.78 Å². The summed E-state index contributed by atoms with van der Waals surface area (Å²) in [5.74, 6) is -4.62. The van der Waals surface area contributed by atoms with E-state index < -0.39 is 57.1 Å². The molecule has 0 bridgehead atoms. The molecule has 4 aromatic carbocycles. The zero-order valence-electron chi connectivity index (χ0n) is 22.3. The number of ketones is 1. The molecule has 0 spiro atoms. The van der Waals surface area contributed by atoms with E-state index in [2.05, 4.69) is 0 Å². The monoisotopic (exact) mass is 594 g/mol. The Kier molecular flexibility index (Phi) is 7.72. The molecular formula is C30H18N4O10. The van der Waals surface area contributed by atoms with E-state index in [1.165, 1.54) is 36.4 Å². The Labute approximate surface area is 247 Å². The van der Waals surface area contributed by atoms with E-state index in [1.54, 1.807) is 30.3 Å². The fourth-order valence-electron chi connectivity index (χ4n) is 4.41. The number of non-ortho nitro benzene ring substituents is 1. The number of nitro benzene ring substituents is 2. The summed E-state index contributed by atoms with van der Waals surface area (Å²) in [5, 5.41) is 23.5. The van der Waals surface area contributed by atoms with Crippen molar-refractivity contribution in [2.45, 2.75) is 0 Å². The summed E-state index contributed by atoms with van der Waals surface area (Å²) in [4.78, 5) is 87.1. The smallest absolute Gasteiger partial charge is 0.343 e. The minimum atomic E-state index is -1.21. The number of imide groups is 1. The first kappa shape index (κ1) is 28.9. The molecule has 0 aliphatic carbocycles. The number of hydrogen-bond donors (Lipinski definition) is 0. The van der Waals surface area contributed by atoms with E-state index in [0.717, 1.165) is 30.3 Å². The van der Waals surface area contributed by atoms with Crippen LogP contribution in [0.25, 0.3) is 0 Å². The topological polar surface area (TPSA) is 187 Å². The maximum atomic E-state index is 13.6. The Hall–Kier alpha value is -6.57. The standard InChI is InChI=1S/C30H18N4O10/c35-25(18-11-15-22(16-12-18)44-30(39)20-5-2-1-3-6-20)17-31(27(36)19-9-13-21(14-10-19)33(40)41)32-28(37)23-7-4-8-24(34(42)43)26(23)29(32)38/h1-16H,17H2. The van der Waals surface area contributed by atoms with Gasteiger partial charge in [-0.15, -0.1) is 0 Å². The van der Waals surface area contributed by atoms with Gasteiger partial charge in [-0.1, -0.05) is 24.3 Å². The summed E-state index contributed by atoms with van der Waals surface area (Å²) in [5.41, 5.74) is -1.81. The minimum Gasteiger partial charge on any atom is -0.423 e. The van der Waals surface area contributed by atoms with Crippen LogP contribution < -0.4 is 4.74 Å². The molecule has 44 heavy (non-hydrogen) atoms. The molecule has 0 saturated carbocycles. The van der Waals surface area contributed by atoms with Crippen molar-refractivity contribution in [3.63, 3.8) is 0 Å². The highest BCUT2D eigenvalue weighted by atomic mass is 16.6. The van der Waals surface area contributed by atoms with Gasteiger partial charge in [-0.05, 0) is 54.6 Å². The van der Waals surface area contributed by atoms with Gasteiger partial charge < -0.3 is 4.74 Å². The third-order valence-corrected chi connectivity index (χ3v) is 6.56. The summed E-state index contributed by atoms with van der Waals surface area (Å²) < 4.78 is 5.30. The largest absolute Gasteiger partial charge is 0.423 e. The molecule has 5 rings (SSSR count).